The fraction of sp³-hybridized carbons (Fsp3) is 0.739. The SMILES string of the molecule is CCC(c1cc(C)c2c(c1O)C(N)C1CCCCC21)C1CCCCC1.Cl. The van der Waals surface area contributed by atoms with E-state index in [0.717, 1.165) is 17.9 Å². The first-order chi connectivity index (χ1) is 12.1. The van der Waals surface area contributed by atoms with Gasteiger partial charge in [-0.25, -0.2) is 0 Å². The van der Waals surface area contributed by atoms with Crippen LogP contribution < -0.4 is 5.73 Å². The molecule has 3 aliphatic carbocycles. The maximum atomic E-state index is 11.3. The lowest BCUT2D eigenvalue weighted by Gasteiger charge is -2.31. The molecule has 4 rings (SSSR count). The van der Waals surface area contributed by atoms with E-state index in [-0.39, 0.29) is 18.4 Å². The summed E-state index contributed by atoms with van der Waals surface area (Å²) in [7, 11) is 0. The lowest BCUT2D eigenvalue weighted by Crippen LogP contribution is -2.22. The summed E-state index contributed by atoms with van der Waals surface area (Å²) in [6, 6.07) is 2.38. The van der Waals surface area contributed by atoms with Gasteiger partial charge in [0.2, 0.25) is 0 Å². The summed E-state index contributed by atoms with van der Waals surface area (Å²) >= 11 is 0. The summed E-state index contributed by atoms with van der Waals surface area (Å²) in [6.07, 6.45) is 13.0. The second kappa shape index (κ2) is 8.10. The van der Waals surface area contributed by atoms with Crippen molar-refractivity contribution in [2.24, 2.45) is 17.6 Å². The first kappa shape index (κ1) is 20.0. The lowest BCUT2D eigenvalue weighted by atomic mass is 9.74. The number of hydrogen-bond donors (Lipinski definition) is 2. The van der Waals surface area contributed by atoms with Crippen LogP contribution in [0.15, 0.2) is 6.07 Å². The van der Waals surface area contributed by atoms with Gasteiger partial charge in [-0.1, -0.05) is 45.1 Å². The molecule has 2 nitrogen and oxygen atoms in total. The van der Waals surface area contributed by atoms with Gasteiger partial charge in [0, 0.05) is 11.6 Å². The van der Waals surface area contributed by atoms with E-state index in [2.05, 4.69) is 19.9 Å². The van der Waals surface area contributed by atoms with Crippen LogP contribution in [-0.4, -0.2) is 5.11 Å². The summed E-state index contributed by atoms with van der Waals surface area (Å²) < 4.78 is 0. The monoisotopic (exact) mass is 377 g/mol. The van der Waals surface area contributed by atoms with Crippen molar-refractivity contribution in [1.29, 1.82) is 0 Å². The summed E-state index contributed by atoms with van der Waals surface area (Å²) in [6.45, 7) is 4.56. The number of aromatic hydroxyl groups is 1. The van der Waals surface area contributed by atoms with Gasteiger partial charge in [-0.05, 0) is 79.4 Å². The topological polar surface area (TPSA) is 46.2 Å². The zero-order valence-corrected chi connectivity index (χ0v) is 17.3. The highest BCUT2D eigenvalue weighted by atomic mass is 35.5. The number of aryl methyl sites for hydroxylation is 1. The predicted molar refractivity (Wildman–Crippen MR) is 111 cm³/mol. The van der Waals surface area contributed by atoms with Gasteiger partial charge in [-0.3, -0.25) is 0 Å². The summed E-state index contributed by atoms with van der Waals surface area (Å²) in [5.74, 6) is 2.95. The Morgan fingerprint density at radius 3 is 2.38 bits per heavy atom. The Labute approximate surface area is 165 Å². The molecule has 0 radical (unpaired) electrons. The molecule has 3 aliphatic rings. The van der Waals surface area contributed by atoms with E-state index < -0.39 is 0 Å². The minimum absolute atomic E-state index is 0. The van der Waals surface area contributed by atoms with Crippen molar-refractivity contribution in [2.45, 2.75) is 95.9 Å². The second-order valence-electron chi connectivity index (χ2n) is 8.95. The average Bonchev–Trinajstić information content (AvgIpc) is 2.95. The van der Waals surface area contributed by atoms with Crippen LogP contribution in [0.4, 0.5) is 0 Å². The highest BCUT2D eigenvalue weighted by Crippen LogP contribution is 2.56. The molecule has 0 bridgehead atoms. The third-order valence-electron chi connectivity index (χ3n) is 7.66. The smallest absolute Gasteiger partial charge is 0.124 e. The molecular weight excluding hydrogens is 342 g/mol. The molecule has 1 aromatic rings. The Morgan fingerprint density at radius 2 is 1.69 bits per heavy atom. The van der Waals surface area contributed by atoms with Crippen LogP contribution in [0.5, 0.6) is 5.75 Å². The maximum Gasteiger partial charge on any atom is 0.124 e. The number of fused-ring (bicyclic) bond motifs is 3. The third-order valence-corrected chi connectivity index (χ3v) is 7.66. The lowest BCUT2D eigenvalue weighted by molar-refractivity contribution is 0.288. The zero-order valence-electron chi connectivity index (χ0n) is 16.5. The van der Waals surface area contributed by atoms with Gasteiger partial charge in [-0.15, -0.1) is 12.4 Å². The first-order valence-electron chi connectivity index (χ1n) is 10.7. The van der Waals surface area contributed by atoms with E-state index in [0.29, 0.717) is 23.5 Å². The highest BCUT2D eigenvalue weighted by Gasteiger charge is 2.43. The molecule has 4 unspecified atom stereocenters. The molecule has 2 fully saturated rings. The van der Waals surface area contributed by atoms with Gasteiger partial charge in [0.15, 0.2) is 0 Å². The molecule has 3 heteroatoms. The van der Waals surface area contributed by atoms with Crippen molar-refractivity contribution >= 4 is 12.4 Å². The van der Waals surface area contributed by atoms with Crippen LogP contribution in [0.25, 0.3) is 0 Å². The molecule has 1 aromatic carbocycles. The van der Waals surface area contributed by atoms with Crippen LogP contribution in [0.3, 0.4) is 0 Å². The first-order valence-corrected chi connectivity index (χ1v) is 10.7. The van der Waals surface area contributed by atoms with Crippen molar-refractivity contribution < 1.29 is 5.11 Å². The Bertz CT molecular complexity index is 638. The van der Waals surface area contributed by atoms with Gasteiger partial charge in [0.1, 0.15) is 5.75 Å². The van der Waals surface area contributed by atoms with Gasteiger partial charge < -0.3 is 10.8 Å². The average molecular weight is 378 g/mol. The Hall–Kier alpha value is -0.730. The molecule has 146 valence electrons. The van der Waals surface area contributed by atoms with Crippen molar-refractivity contribution in [3.05, 3.63) is 28.3 Å². The van der Waals surface area contributed by atoms with Crippen LogP contribution >= 0.6 is 12.4 Å². The van der Waals surface area contributed by atoms with Gasteiger partial charge in [-0.2, -0.15) is 0 Å². The number of phenols is 1. The highest BCUT2D eigenvalue weighted by molar-refractivity contribution is 5.85. The number of rotatable bonds is 3. The summed E-state index contributed by atoms with van der Waals surface area (Å²) in [5, 5.41) is 11.3. The number of phenolic OH excluding ortho intramolecular Hbond substituents is 1. The Balaban J connectivity index is 0.00000196. The molecule has 0 heterocycles. The predicted octanol–water partition coefficient (Wildman–Crippen LogP) is 6.48. The van der Waals surface area contributed by atoms with E-state index in [9.17, 15) is 5.11 Å². The van der Waals surface area contributed by atoms with E-state index in [4.69, 9.17) is 5.73 Å². The summed E-state index contributed by atoms with van der Waals surface area (Å²) in [5.41, 5.74) is 11.8. The van der Waals surface area contributed by atoms with Crippen LogP contribution in [0.2, 0.25) is 0 Å². The van der Waals surface area contributed by atoms with Gasteiger partial charge in [0.05, 0.1) is 0 Å². The van der Waals surface area contributed by atoms with Crippen LogP contribution in [0.1, 0.15) is 111 Å². The molecule has 0 spiro atoms. The van der Waals surface area contributed by atoms with Crippen LogP contribution in [0, 0.1) is 18.8 Å². The Morgan fingerprint density at radius 1 is 1.04 bits per heavy atom. The molecule has 2 saturated carbocycles. The quantitative estimate of drug-likeness (QED) is 0.632. The van der Waals surface area contributed by atoms with E-state index in [1.165, 1.54) is 74.5 Å². The number of halogens is 1. The minimum Gasteiger partial charge on any atom is -0.507 e. The fourth-order valence-corrected chi connectivity index (χ4v) is 6.49. The van der Waals surface area contributed by atoms with Crippen molar-refractivity contribution in [1.82, 2.24) is 0 Å². The van der Waals surface area contributed by atoms with Gasteiger partial charge >= 0.3 is 0 Å². The fourth-order valence-electron chi connectivity index (χ4n) is 6.49. The zero-order chi connectivity index (χ0) is 17.6. The molecule has 0 saturated heterocycles. The largest absolute Gasteiger partial charge is 0.507 e. The van der Waals surface area contributed by atoms with Gasteiger partial charge in [0.25, 0.3) is 0 Å². The number of benzene rings is 1. The van der Waals surface area contributed by atoms with Crippen LogP contribution in [-0.2, 0) is 0 Å². The van der Waals surface area contributed by atoms with E-state index >= 15 is 0 Å². The normalized spacial score (nSPS) is 29.6. The molecule has 0 amide bonds. The maximum absolute atomic E-state index is 11.3. The van der Waals surface area contributed by atoms with E-state index in [1.54, 1.807) is 0 Å². The second-order valence-corrected chi connectivity index (χ2v) is 8.95. The third kappa shape index (κ3) is 3.18. The molecule has 26 heavy (non-hydrogen) atoms. The number of hydrogen-bond acceptors (Lipinski definition) is 2. The molecule has 0 aliphatic heterocycles. The number of nitrogens with two attached hydrogens (primary N) is 1. The molecule has 0 aromatic heterocycles. The molecule has 3 N–H and O–H groups in total. The standard InChI is InChI=1S/C23H35NO.ClH/c1-3-16(15-9-5-4-6-10-15)19-13-14(2)20-17-11-7-8-12-18(17)22(24)21(20)23(19)25;/h13,15-18,22,25H,3-12,24H2,1-2H3;1H. The Kier molecular flexibility index (Phi) is 6.24. The van der Waals surface area contributed by atoms with Crippen molar-refractivity contribution in [2.75, 3.05) is 0 Å². The van der Waals surface area contributed by atoms with Crippen molar-refractivity contribution in [3.63, 3.8) is 0 Å². The van der Waals surface area contributed by atoms with Crippen molar-refractivity contribution in [3.8, 4) is 5.75 Å². The minimum atomic E-state index is 0. The summed E-state index contributed by atoms with van der Waals surface area (Å²) in [4.78, 5) is 0. The van der Waals surface area contributed by atoms with E-state index in [1.807, 2.05) is 0 Å². The molecule has 4 atom stereocenters. The molecular formula is C23H36ClNO.